The highest BCUT2D eigenvalue weighted by atomic mass is 32.2. The van der Waals surface area contributed by atoms with Gasteiger partial charge in [-0.15, -0.1) is 0 Å². The molecule has 1 aromatic heterocycles. The van der Waals surface area contributed by atoms with Crippen LogP contribution in [0.1, 0.15) is 45.2 Å². The molecule has 3 rings (SSSR count). The summed E-state index contributed by atoms with van der Waals surface area (Å²) >= 11 is 0. The molecule has 37 heavy (non-hydrogen) atoms. The highest BCUT2D eigenvalue weighted by Crippen LogP contribution is 2.34. The minimum atomic E-state index is -3.93. The second-order valence-corrected chi connectivity index (χ2v) is 12.0. The smallest absolute Gasteiger partial charge is 0.247 e. The van der Waals surface area contributed by atoms with E-state index in [1.165, 1.54) is 10.4 Å². The number of amides is 1. The predicted octanol–water partition coefficient (Wildman–Crippen LogP) is 2.95. The van der Waals surface area contributed by atoms with Crippen molar-refractivity contribution in [2.24, 2.45) is 11.8 Å². The van der Waals surface area contributed by atoms with Crippen molar-refractivity contribution in [2.45, 2.75) is 57.6 Å². The zero-order chi connectivity index (χ0) is 27.2. The van der Waals surface area contributed by atoms with E-state index >= 15 is 0 Å². The van der Waals surface area contributed by atoms with E-state index in [4.69, 9.17) is 4.74 Å². The number of benzene rings is 1. The van der Waals surface area contributed by atoms with E-state index < -0.39 is 22.2 Å². The van der Waals surface area contributed by atoms with Crippen LogP contribution in [0.2, 0.25) is 0 Å². The summed E-state index contributed by atoms with van der Waals surface area (Å²) in [5.41, 5.74) is 1.47. The van der Waals surface area contributed by atoms with E-state index in [2.05, 4.69) is 30.7 Å². The van der Waals surface area contributed by atoms with Gasteiger partial charge in [0.15, 0.2) is 0 Å². The number of hydrogen-bond acceptors (Lipinski definition) is 6. The molecule has 200 valence electrons. The Hall–Kier alpha value is -2.93. The maximum Gasteiger partial charge on any atom is 0.247 e. The molecule has 1 aromatic carbocycles. The monoisotopic (exact) mass is 527 g/mol. The zero-order valence-electron chi connectivity index (χ0n) is 22.2. The van der Waals surface area contributed by atoms with Crippen LogP contribution in [0.15, 0.2) is 47.6 Å². The van der Waals surface area contributed by atoms with Gasteiger partial charge >= 0.3 is 0 Å². The number of hydrogen-bond donors (Lipinski definition) is 1. The van der Waals surface area contributed by atoms with Gasteiger partial charge in [0.25, 0.3) is 0 Å². The lowest BCUT2D eigenvalue weighted by Crippen LogP contribution is -2.50. The third kappa shape index (κ3) is 7.31. The number of rotatable bonds is 7. The van der Waals surface area contributed by atoms with Crippen molar-refractivity contribution < 1.29 is 23.1 Å². The van der Waals surface area contributed by atoms with Crippen LogP contribution >= 0.6 is 0 Å². The van der Waals surface area contributed by atoms with E-state index in [0.29, 0.717) is 11.5 Å². The molecule has 0 aliphatic carbocycles. The van der Waals surface area contributed by atoms with E-state index in [1.54, 1.807) is 49.5 Å². The number of ether oxygens (including phenoxy) is 1. The van der Waals surface area contributed by atoms with Crippen LogP contribution in [0, 0.1) is 23.7 Å². The van der Waals surface area contributed by atoms with Gasteiger partial charge in [-0.2, -0.15) is 4.31 Å². The van der Waals surface area contributed by atoms with Crippen molar-refractivity contribution in [2.75, 3.05) is 26.7 Å². The first kappa shape index (κ1) is 28.6. The molecule has 9 heteroatoms. The lowest BCUT2D eigenvalue weighted by atomic mass is 10.0. The molecule has 0 spiro atoms. The molecule has 0 radical (unpaired) electrons. The summed E-state index contributed by atoms with van der Waals surface area (Å²) in [6.07, 6.45) is 3.77. The van der Waals surface area contributed by atoms with Gasteiger partial charge in [-0.1, -0.05) is 38.7 Å². The Kier molecular flexibility index (Phi) is 9.71. The van der Waals surface area contributed by atoms with E-state index in [-0.39, 0.29) is 48.6 Å². The molecule has 3 atom stereocenters. The normalized spacial score (nSPS) is 20.0. The van der Waals surface area contributed by atoms with Crippen molar-refractivity contribution in [3.8, 4) is 17.6 Å². The van der Waals surface area contributed by atoms with Crippen molar-refractivity contribution in [3.05, 3.63) is 53.9 Å². The molecular weight excluding hydrogens is 490 g/mol. The van der Waals surface area contributed by atoms with Crippen LogP contribution < -0.4 is 4.74 Å². The molecule has 0 saturated heterocycles. The lowest BCUT2D eigenvalue weighted by molar-refractivity contribution is -0.130. The van der Waals surface area contributed by atoms with Gasteiger partial charge in [-0.05, 0) is 42.7 Å². The average Bonchev–Trinajstić information content (AvgIpc) is 2.86. The Balaban J connectivity index is 1.95. The van der Waals surface area contributed by atoms with Crippen LogP contribution in [0.5, 0.6) is 5.75 Å². The van der Waals surface area contributed by atoms with Gasteiger partial charge in [-0.25, -0.2) is 8.42 Å². The first-order chi connectivity index (χ1) is 17.5. The number of carbonyl (C=O) groups excluding carboxylic acids is 1. The molecule has 2 aromatic rings. The summed E-state index contributed by atoms with van der Waals surface area (Å²) in [6, 6.07) is 7.88. The molecular formula is C28H37N3O5S. The summed E-state index contributed by atoms with van der Waals surface area (Å²) in [5.74, 6) is 6.50. The van der Waals surface area contributed by atoms with Crippen molar-refractivity contribution in [1.29, 1.82) is 0 Å². The lowest BCUT2D eigenvalue weighted by Gasteiger charge is -2.37. The van der Waals surface area contributed by atoms with Gasteiger partial charge in [0.2, 0.25) is 15.9 Å². The summed E-state index contributed by atoms with van der Waals surface area (Å²) in [7, 11) is -2.22. The van der Waals surface area contributed by atoms with Crippen molar-refractivity contribution >= 4 is 15.9 Å². The summed E-state index contributed by atoms with van der Waals surface area (Å²) in [4.78, 5) is 18.6. The number of carbonyl (C=O) groups is 1. The average molecular weight is 528 g/mol. The maximum atomic E-state index is 13.6. The van der Waals surface area contributed by atoms with Crippen LogP contribution in [-0.4, -0.2) is 72.5 Å². The largest absolute Gasteiger partial charge is 0.487 e. The number of aromatic nitrogens is 1. The molecule has 0 unspecified atom stereocenters. The third-order valence-electron chi connectivity index (χ3n) is 6.37. The number of aliphatic hydroxyl groups excluding tert-OH is 1. The number of nitrogens with zero attached hydrogens (tertiary/aromatic N) is 3. The summed E-state index contributed by atoms with van der Waals surface area (Å²) < 4.78 is 34.9. The fourth-order valence-electron chi connectivity index (χ4n) is 4.06. The van der Waals surface area contributed by atoms with Gasteiger partial charge in [0.05, 0.1) is 19.6 Å². The zero-order valence-corrected chi connectivity index (χ0v) is 23.0. The van der Waals surface area contributed by atoms with Crippen LogP contribution in [0.25, 0.3) is 0 Å². The Bertz CT molecular complexity index is 1240. The number of pyridine rings is 1. The Labute approximate surface area is 220 Å². The molecule has 1 aliphatic heterocycles. The highest BCUT2D eigenvalue weighted by Gasteiger charge is 2.38. The van der Waals surface area contributed by atoms with Gasteiger partial charge < -0.3 is 14.7 Å². The number of fused-ring (bicyclic) bond motifs is 1. The second-order valence-electron chi connectivity index (χ2n) is 10.1. The molecule has 2 heterocycles. The summed E-state index contributed by atoms with van der Waals surface area (Å²) in [5, 5.41) is 9.81. The Morgan fingerprint density at radius 1 is 1.30 bits per heavy atom. The Morgan fingerprint density at radius 3 is 2.70 bits per heavy atom. The van der Waals surface area contributed by atoms with E-state index in [1.807, 2.05) is 13.0 Å². The molecule has 0 fully saturated rings. The Morgan fingerprint density at radius 2 is 2.05 bits per heavy atom. The van der Waals surface area contributed by atoms with Crippen molar-refractivity contribution in [3.63, 3.8) is 0 Å². The molecule has 8 nitrogen and oxygen atoms in total. The standard InChI is InChI=1S/C28H37N3O5S/c1-20(2)8-6-9-23-11-12-27-25(14-23)36-26(21(3)17-31(22(4)19-32)37(27,34)35)18-30(5)28(33)15-24-10-7-13-29-16-24/h7,10-14,16,20-22,26,32H,8,15,17-19H2,1-5H3/t21-,22+,26-/m1/s1. The third-order valence-corrected chi connectivity index (χ3v) is 8.39. The van der Waals surface area contributed by atoms with Gasteiger partial charge in [-0.3, -0.25) is 9.78 Å². The SMILES string of the molecule is CC(C)CC#Cc1ccc2c(c1)O[C@H](CN(C)C(=O)Cc1cccnc1)[C@H](C)CN([C@@H](C)CO)S2(=O)=O. The maximum absolute atomic E-state index is 13.6. The number of likely N-dealkylation sites (N-methyl/N-ethyl adjacent to an activating group) is 1. The highest BCUT2D eigenvalue weighted by molar-refractivity contribution is 7.89. The topological polar surface area (TPSA) is 100 Å². The second kappa shape index (κ2) is 12.5. The number of aliphatic hydroxyl groups is 1. The van der Waals surface area contributed by atoms with Crippen molar-refractivity contribution in [1.82, 2.24) is 14.2 Å². The molecule has 1 N–H and O–H groups in total. The molecule has 1 aliphatic rings. The molecule has 1 amide bonds. The molecule has 0 saturated carbocycles. The quantitative estimate of drug-likeness (QED) is 0.556. The fraction of sp³-hybridized carbons (Fsp3) is 0.500. The van der Waals surface area contributed by atoms with Crippen LogP contribution in [0.4, 0.5) is 0 Å². The first-order valence-corrected chi connectivity index (χ1v) is 14.0. The minimum absolute atomic E-state index is 0.0310. The number of sulfonamides is 1. The molecule has 0 bridgehead atoms. The van der Waals surface area contributed by atoms with Gasteiger partial charge in [0.1, 0.15) is 16.7 Å². The van der Waals surface area contributed by atoms with Gasteiger partial charge in [0, 0.05) is 49.9 Å². The minimum Gasteiger partial charge on any atom is -0.487 e. The summed E-state index contributed by atoms with van der Waals surface area (Å²) in [6.45, 7) is 7.85. The van der Waals surface area contributed by atoms with E-state index in [0.717, 1.165) is 12.0 Å². The fourth-order valence-corrected chi connectivity index (χ4v) is 5.89. The predicted molar refractivity (Wildman–Crippen MR) is 142 cm³/mol. The first-order valence-electron chi connectivity index (χ1n) is 12.6. The van der Waals surface area contributed by atoms with E-state index in [9.17, 15) is 18.3 Å². The van der Waals surface area contributed by atoms with Crippen LogP contribution in [0.3, 0.4) is 0 Å². The van der Waals surface area contributed by atoms with Crippen LogP contribution in [-0.2, 0) is 21.2 Å².